The third-order valence-corrected chi connectivity index (χ3v) is 15.8. The van der Waals surface area contributed by atoms with Gasteiger partial charge in [0, 0.05) is 76.5 Å². The normalized spacial score (nSPS) is 29.3. The van der Waals surface area contributed by atoms with E-state index in [4.69, 9.17) is 19.4 Å². The maximum atomic E-state index is 14.4. The lowest BCUT2D eigenvalue weighted by Crippen LogP contribution is -2.61. The standard InChI is InChI=1S/C49H65N7O5S/c1-9-55-40-13-12-32-20-35(40)37(44(55)36-21-33(23-50-42(36)27(2)3)31-14-16-54-17-18-60-24-34(54)19-31)22-49(7,8)26-61-48(59)38-11-10-15-56(53-38)47(58)43(30(6)46-51-39(32)25-62-46)52-45(57)41-28(4)29(41)5/h12-13,20-21,23,25,27-31,34,38,41,43,53H,9-11,14-19,22,24,26H2,1-8H3,(H,52,57)/t28-,29+,30-,31+,34-,38-,41?,43-/m0/s1. The first-order valence-corrected chi connectivity index (χ1v) is 24.1. The second kappa shape index (κ2) is 17.1. The van der Waals surface area contributed by atoms with Gasteiger partial charge in [-0.3, -0.25) is 29.3 Å². The van der Waals surface area contributed by atoms with Crippen molar-refractivity contribution in [3.05, 3.63) is 57.7 Å². The quantitative estimate of drug-likeness (QED) is 0.188. The fourth-order valence-corrected chi connectivity index (χ4v) is 11.7. The van der Waals surface area contributed by atoms with E-state index in [1.165, 1.54) is 38.7 Å². The van der Waals surface area contributed by atoms with E-state index in [0.29, 0.717) is 37.8 Å². The van der Waals surface area contributed by atoms with Gasteiger partial charge in [-0.05, 0) is 98.6 Å². The van der Waals surface area contributed by atoms with E-state index in [0.717, 1.165) is 78.6 Å². The molecule has 332 valence electrons. The lowest BCUT2D eigenvalue weighted by atomic mass is 9.82. The number of hydrogen-bond donors (Lipinski definition) is 2. The minimum absolute atomic E-state index is 0.107. The molecule has 62 heavy (non-hydrogen) atoms. The Balaban J connectivity index is 1.16. The van der Waals surface area contributed by atoms with Crippen LogP contribution in [-0.2, 0) is 36.8 Å². The Kier molecular flexibility index (Phi) is 11.9. The molecule has 13 heteroatoms. The van der Waals surface area contributed by atoms with E-state index in [1.807, 2.05) is 6.92 Å². The number of amides is 2. The molecule has 0 radical (unpaired) electrons. The van der Waals surface area contributed by atoms with Gasteiger partial charge in [0.05, 0.1) is 41.9 Å². The summed E-state index contributed by atoms with van der Waals surface area (Å²) in [5, 5.41) is 8.67. The van der Waals surface area contributed by atoms with Crippen molar-refractivity contribution >= 4 is 40.0 Å². The highest BCUT2D eigenvalue weighted by Gasteiger charge is 2.50. The van der Waals surface area contributed by atoms with Crippen LogP contribution in [0.4, 0.5) is 0 Å². The van der Waals surface area contributed by atoms with Crippen molar-refractivity contribution in [3.8, 4) is 22.5 Å². The zero-order chi connectivity index (χ0) is 43.6. The van der Waals surface area contributed by atoms with Crippen LogP contribution in [0.1, 0.15) is 121 Å². The number of hydrogen-bond acceptors (Lipinski definition) is 10. The van der Waals surface area contributed by atoms with Crippen molar-refractivity contribution in [2.24, 2.45) is 23.2 Å². The molecule has 8 atom stereocenters. The lowest BCUT2D eigenvalue weighted by Gasteiger charge is -2.42. The van der Waals surface area contributed by atoms with Gasteiger partial charge in [0.15, 0.2) is 0 Å². The van der Waals surface area contributed by atoms with E-state index < -0.39 is 23.4 Å². The number of aromatic nitrogens is 3. The first-order chi connectivity index (χ1) is 29.7. The summed E-state index contributed by atoms with van der Waals surface area (Å²) >= 11 is 1.52. The molecule has 6 bridgehead atoms. The number of hydrazine groups is 1. The summed E-state index contributed by atoms with van der Waals surface area (Å²) in [5.74, 6) is -0.172. The predicted octanol–water partition coefficient (Wildman–Crippen LogP) is 7.66. The largest absolute Gasteiger partial charge is 0.464 e. The highest BCUT2D eigenvalue weighted by atomic mass is 32.1. The number of thiazole rings is 1. The molecule has 3 saturated heterocycles. The Morgan fingerprint density at radius 3 is 2.65 bits per heavy atom. The van der Waals surface area contributed by atoms with Crippen molar-refractivity contribution in [2.45, 2.75) is 130 Å². The smallest absolute Gasteiger partial charge is 0.324 e. The lowest BCUT2D eigenvalue weighted by molar-refractivity contribution is -0.155. The fourth-order valence-electron chi connectivity index (χ4n) is 10.8. The molecule has 0 spiro atoms. The molecular weight excluding hydrogens is 799 g/mol. The first kappa shape index (κ1) is 43.1. The fraction of sp³-hybridized carbons (Fsp3) is 0.612. The Hall–Kier alpha value is -4.17. The number of cyclic esters (lactones) is 1. The van der Waals surface area contributed by atoms with Crippen molar-refractivity contribution in [3.63, 3.8) is 0 Å². The third kappa shape index (κ3) is 8.11. The average Bonchev–Trinajstić information content (AvgIpc) is 3.55. The highest BCUT2D eigenvalue weighted by Crippen LogP contribution is 2.46. The molecule has 1 unspecified atom stereocenters. The number of pyridine rings is 1. The van der Waals surface area contributed by atoms with Crippen LogP contribution in [0.2, 0.25) is 0 Å². The van der Waals surface area contributed by atoms with Gasteiger partial charge >= 0.3 is 5.97 Å². The van der Waals surface area contributed by atoms with Crippen molar-refractivity contribution < 1.29 is 23.9 Å². The molecule has 5 aliphatic rings. The van der Waals surface area contributed by atoms with Crippen LogP contribution < -0.4 is 10.7 Å². The SMILES string of the molecule is CCn1c(-c2cc([C@@H]3CCN4CCOC[C@@H]4C3)cnc2C(C)C)c2c3cc(ccc31)-c1csc(n1)[C@@H](C)[C@H](NC(=O)C1[C@@H](C)[C@H]1C)C(=O)N1CCC[C@H](N1)C(=O)OCC(C)(C)C2. The molecule has 12 nitrogen and oxygen atoms in total. The number of fused-ring (bicyclic) bond motifs is 7. The van der Waals surface area contributed by atoms with Crippen LogP contribution in [0.5, 0.6) is 0 Å². The number of esters is 1. The number of carbonyl (C=O) groups is 3. The monoisotopic (exact) mass is 863 g/mol. The number of nitrogens with zero attached hydrogens (tertiary/aromatic N) is 5. The minimum Gasteiger partial charge on any atom is -0.464 e. The molecule has 1 aliphatic carbocycles. The number of aryl methyl sites for hydroxylation is 1. The summed E-state index contributed by atoms with van der Waals surface area (Å²) in [6.45, 7) is 22.2. The van der Waals surface area contributed by atoms with Gasteiger partial charge < -0.3 is 19.4 Å². The molecule has 2 amide bonds. The van der Waals surface area contributed by atoms with Crippen molar-refractivity contribution in [2.75, 3.05) is 39.5 Å². The molecule has 2 N–H and O–H groups in total. The average molecular weight is 864 g/mol. The van der Waals surface area contributed by atoms with Gasteiger partial charge in [-0.15, -0.1) is 11.3 Å². The van der Waals surface area contributed by atoms with Gasteiger partial charge in [0.1, 0.15) is 12.1 Å². The van der Waals surface area contributed by atoms with E-state index >= 15 is 0 Å². The summed E-state index contributed by atoms with van der Waals surface area (Å²) < 4.78 is 14.6. The van der Waals surface area contributed by atoms with Crippen LogP contribution >= 0.6 is 11.3 Å². The number of benzene rings is 1. The summed E-state index contributed by atoms with van der Waals surface area (Å²) in [6, 6.07) is 8.00. The van der Waals surface area contributed by atoms with Crippen molar-refractivity contribution in [1.82, 2.24) is 35.2 Å². The zero-order valence-corrected chi connectivity index (χ0v) is 38.6. The Morgan fingerprint density at radius 1 is 1.08 bits per heavy atom. The van der Waals surface area contributed by atoms with Gasteiger partial charge in [-0.1, -0.05) is 54.5 Å². The minimum atomic E-state index is -0.861. The van der Waals surface area contributed by atoms with E-state index in [-0.39, 0.29) is 48.1 Å². The number of carbonyl (C=O) groups excluding carboxylic acids is 3. The van der Waals surface area contributed by atoms with Gasteiger partial charge in [0.25, 0.3) is 5.91 Å². The summed E-state index contributed by atoms with van der Waals surface area (Å²) in [4.78, 5) is 55.1. The maximum absolute atomic E-state index is 14.4. The summed E-state index contributed by atoms with van der Waals surface area (Å²) in [6.07, 6.45) is 6.14. The first-order valence-electron chi connectivity index (χ1n) is 23.2. The summed E-state index contributed by atoms with van der Waals surface area (Å²) in [7, 11) is 0. The van der Waals surface area contributed by atoms with E-state index in [9.17, 15) is 14.4 Å². The zero-order valence-electron chi connectivity index (χ0n) is 37.8. The Morgan fingerprint density at radius 2 is 1.89 bits per heavy atom. The number of rotatable bonds is 6. The second-order valence-electron chi connectivity index (χ2n) is 20.0. The van der Waals surface area contributed by atoms with Gasteiger partial charge in [-0.25, -0.2) is 10.4 Å². The Bertz CT molecular complexity index is 2340. The van der Waals surface area contributed by atoms with Crippen molar-refractivity contribution in [1.29, 1.82) is 0 Å². The van der Waals surface area contributed by atoms with E-state index in [2.05, 4.69) is 105 Å². The molecule has 9 rings (SSSR count). The van der Waals surface area contributed by atoms with Crippen LogP contribution in [0, 0.1) is 23.2 Å². The second-order valence-corrected chi connectivity index (χ2v) is 20.9. The van der Waals surface area contributed by atoms with Crippen LogP contribution in [0.3, 0.4) is 0 Å². The Labute approximate surface area is 370 Å². The molecule has 4 aliphatic heterocycles. The van der Waals surface area contributed by atoms with Gasteiger partial charge in [-0.2, -0.15) is 0 Å². The molecule has 1 saturated carbocycles. The van der Waals surface area contributed by atoms with Crippen LogP contribution in [-0.4, -0.2) is 99.8 Å². The molecule has 3 aromatic heterocycles. The molecule has 4 aromatic rings. The molecule has 7 heterocycles. The maximum Gasteiger partial charge on any atom is 0.324 e. The van der Waals surface area contributed by atoms with Gasteiger partial charge in [0.2, 0.25) is 5.91 Å². The third-order valence-electron chi connectivity index (χ3n) is 14.8. The molecular formula is C49H65N7O5S. The van der Waals surface area contributed by atoms with E-state index in [1.54, 1.807) is 0 Å². The molecule has 1 aromatic carbocycles. The number of ether oxygens (including phenoxy) is 2. The number of morpholine rings is 1. The topological polar surface area (TPSA) is 131 Å². The predicted molar refractivity (Wildman–Crippen MR) is 243 cm³/mol. The number of nitrogens with one attached hydrogen (secondary N) is 2. The molecule has 4 fully saturated rings. The van der Waals surface area contributed by atoms with Crippen LogP contribution in [0.15, 0.2) is 35.8 Å². The summed E-state index contributed by atoms with van der Waals surface area (Å²) in [5.41, 5.74) is 11.7. The highest BCUT2D eigenvalue weighted by molar-refractivity contribution is 7.10. The number of piperidine rings is 1. The van der Waals surface area contributed by atoms with Crippen LogP contribution in [0.25, 0.3) is 33.4 Å².